The molecule has 7 rings (SSSR count). The first-order valence-corrected chi connectivity index (χ1v) is 15.5. The molecule has 12 heteroatoms. The van der Waals surface area contributed by atoms with Gasteiger partial charge in [-0.3, -0.25) is 14.3 Å². The number of ether oxygens (including phenoxy) is 2. The van der Waals surface area contributed by atoms with E-state index in [1.807, 2.05) is 57.3 Å². The molecule has 0 N–H and O–H groups in total. The van der Waals surface area contributed by atoms with Crippen molar-refractivity contribution in [2.24, 2.45) is 0 Å². The number of furan rings is 1. The van der Waals surface area contributed by atoms with E-state index < -0.39 is 0 Å². The lowest BCUT2D eigenvalue weighted by Crippen LogP contribution is -2.48. The molecular weight excluding hydrogens is 573 g/mol. The first kappa shape index (κ1) is 26.7. The number of thioether (sulfide) groups is 1. The summed E-state index contributed by atoms with van der Waals surface area (Å²) in [5.41, 5.74) is 3.76. The van der Waals surface area contributed by atoms with E-state index in [0.717, 1.165) is 52.5 Å². The van der Waals surface area contributed by atoms with Gasteiger partial charge in [-0.2, -0.15) is 0 Å². The molecule has 42 heavy (non-hydrogen) atoms. The smallest absolute Gasteiger partial charge is 0.273 e. The van der Waals surface area contributed by atoms with Gasteiger partial charge < -0.3 is 18.8 Å². The lowest BCUT2D eigenvalue weighted by molar-refractivity contribution is 0.0623. The van der Waals surface area contributed by atoms with E-state index >= 15 is 0 Å². The number of rotatable bonds is 8. The van der Waals surface area contributed by atoms with E-state index in [9.17, 15) is 4.79 Å². The summed E-state index contributed by atoms with van der Waals surface area (Å²) in [4.78, 5) is 22.2. The molecule has 0 spiro atoms. The highest BCUT2D eigenvalue weighted by molar-refractivity contribution is 7.98. The van der Waals surface area contributed by atoms with Gasteiger partial charge in [-0.15, -0.1) is 21.5 Å². The lowest BCUT2D eigenvalue weighted by atomic mass is 10.1. The fraction of sp³-hybridized carbons (Fsp3) is 0.267. The van der Waals surface area contributed by atoms with Crippen LogP contribution in [0, 0.1) is 6.92 Å². The SMILES string of the molecule is Cc1ccccc1-n1c(SCc2nc(C(=O)N3CCN(Cc4ccc5c(c4)OCO5)CC3)cs2)nnc1-c1ccco1. The van der Waals surface area contributed by atoms with Crippen molar-refractivity contribution in [2.75, 3.05) is 33.0 Å². The predicted molar refractivity (Wildman–Crippen MR) is 159 cm³/mol. The molecule has 1 fully saturated rings. The Morgan fingerprint density at radius 2 is 1.86 bits per heavy atom. The van der Waals surface area contributed by atoms with Gasteiger partial charge in [0.15, 0.2) is 22.4 Å². The third-order valence-corrected chi connectivity index (χ3v) is 9.30. The summed E-state index contributed by atoms with van der Waals surface area (Å²) < 4.78 is 18.6. The summed E-state index contributed by atoms with van der Waals surface area (Å²) in [6.07, 6.45) is 1.63. The molecule has 10 nitrogen and oxygen atoms in total. The van der Waals surface area contributed by atoms with Crippen LogP contribution in [0.5, 0.6) is 11.5 Å². The van der Waals surface area contributed by atoms with E-state index in [-0.39, 0.29) is 12.7 Å². The van der Waals surface area contributed by atoms with Crippen molar-refractivity contribution in [1.82, 2.24) is 29.5 Å². The highest BCUT2D eigenvalue weighted by Gasteiger charge is 2.25. The lowest BCUT2D eigenvalue weighted by Gasteiger charge is -2.34. The van der Waals surface area contributed by atoms with Gasteiger partial charge >= 0.3 is 0 Å². The van der Waals surface area contributed by atoms with Crippen LogP contribution >= 0.6 is 23.1 Å². The summed E-state index contributed by atoms with van der Waals surface area (Å²) in [5, 5.41) is 12.4. The molecule has 5 heterocycles. The molecule has 0 bridgehead atoms. The molecule has 5 aromatic rings. The Kier molecular flexibility index (Phi) is 7.41. The number of thiazole rings is 1. The van der Waals surface area contributed by atoms with Crippen molar-refractivity contribution in [1.29, 1.82) is 0 Å². The maximum Gasteiger partial charge on any atom is 0.273 e. The number of nitrogens with zero attached hydrogens (tertiary/aromatic N) is 6. The molecule has 3 aromatic heterocycles. The molecule has 0 unspecified atom stereocenters. The van der Waals surface area contributed by atoms with Crippen LogP contribution in [0.4, 0.5) is 0 Å². The molecule has 214 valence electrons. The zero-order chi connectivity index (χ0) is 28.5. The average molecular weight is 601 g/mol. The second kappa shape index (κ2) is 11.6. The topological polar surface area (TPSA) is 98.8 Å². The van der Waals surface area contributed by atoms with Gasteiger partial charge in [0.05, 0.1) is 17.7 Å². The molecular formula is C30H28N6O4S2. The van der Waals surface area contributed by atoms with Crippen LogP contribution in [0.3, 0.4) is 0 Å². The normalized spacial score (nSPS) is 14.9. The molecule has 0 radical (unpaired) electrons. The number of carbonyl (C=O) groups is 1. The van der Waals surface area contributed by atoms with Crippen molar-refractivity contribution < 1.29 is 18.7 Å². The van der Waals surface area contributed by atoms with Crippen LogP contribution in [-0.2, 0) is 12.3 Å². The predicted octanol–water partition coefficient (Wildman–Crippen LogP) is 5.27. The second-order valence-electron chi connectivity index (χ2n) is 10.1. The fourth-order valence-corrected chi connectivity index (χ4v) is 6.86. The third kappa shape index (κ3) is 5.40. The van der Waals surface area contributed by atoms with Crippen molar-refractivity contribution in [3.63, 3.8) is 0 Å². The minimum Gasteiger partial charge on any atom is -0.461 e. The zero-order valence-electron chi connectivity index (χ0n) is 22.9. The van der Waals surface area contributed by atoms with Gasteiger partial charge in [-0.1, -0.05) is 36.0 Å². The van der Waals surface area contributed by atoms with Crippen molar-refractivity contribution in [2.45, 2.75) is 24.4 Å². The minimum absolute atomic E-state index is 0.0200. The quantitative estimate of drug-likeness (QED) is 0.221. The van der Waals surface area contributed by atoms with Crippen molar-refractivity contribution >= 4 is 29.0 Å². The molecule has 1 amide bonds. The number of hydrogen-bond acceptors (Lipinski definition) is 10. The summed E-state index contributed by atoms with van der Waals surface area (Å²) in [6, 6.07) is 17.9. The number of amides is 1. The third-order valence-electron chi connectivity index (χ3n) is 7.33. The van der Waals surface area contributed by atoms with Crippen LogP contribution in [0.1, 0.15) is 26.6 Å². The number of aryl methyl sites for hydroxylation is 1. The standard InChI is InChI=1S/C30H28N6O4S2/c1-20-5-2-3-6-23(20)36-28(25-7-4-14-38-25)32-33-30(36)42-18-27-31-22(17-41-27)29(37)35-12-10-34(11-13-35)16-21-8-9-24-26(15-21)40-19-39-24/h2-9,14-15,17H,10-13,16,18-19H2,1H3. The average Bonchev–Trinajstić information content (AvgIpc) is 3.83. The van der Waals surface area contributed by atoms with E-state index in [0.29, 0.717) is 36.1 Å². The Labute approximate surface area is 250 Å². The molecule has 0 saturated carbocycles. The minimum atomic E-state index is -0.0200. The number of benzene rings is 2. The Balaban J connectivity index is 0.985. The highest BCUT2D eigenvalue weighted by Crippen LogP contribution is 2.34. The molecule has 1 saturated heterocycles. The Morgan fingerprint density at radius 1 is 1.00 bits per heavy atom. The second-order valence-corrected chi connectivity index (χ2v) is 12.0. The first-order chi connectivity index (χ1) is 20.6. The Bertz CT molecular complexity index is 1710. The molecule has 0 atom stereocenters. The largest absolute Gasteiger partial charge is 0.461 e. The van der Waals surface area contributed by atoms with Gasteiger partial charge in [0.1, 0.15) is 10.7 Å². The number of aromatic nitrogens is 4. The Hall–Kier alpha value is -4.13. The zero-order valence-corrected chi connectivity index (χ0v) is 24.6. The van der Waals surface area contributed by atoms with E-state index in [4.69, 9.17) is 13.9 Å². The number of fused-ring (bicyclic) bond motifs is 1. The molecule has 2 aromatic carbocycles. The molecule has 0 aliphatic carbocycles. The maximum atomic E-state index is 13.3. The van der Waals surface area contributed by atoms with Crippen molar-refractivity contribution in [3.8, 4) is 28.8 Å². The van der Waals surface area contributed by atoms with Crippen LogP contribution in [0.15, 0.2) is 75.8 Å². The van der Waals surface area contributed by atoms with Crippen LogP contribution in [0.2, 0.25) is 0 Å². The van der Waals surface area contributed by atoms with Gasteiger partial charge in [0.25, 0.3) is 5.91 Å². The summed E-state index contributed by atoms with van der Waals surface area (Å²) in [5.74, 6) is 3.44. The highest BCUT2D eigenvalue weighted by atomic mass is 32.2. The number of para-hydroxylation sites is 1. The fourth-order valence-electron chi connectivity index (χ4n) is 5.13. The molecule has 2 aliphatic rings. The van der Waals surface area contributed by atoms with Crippen LogP contribution < -0.4 is 9.47 Å². The summed E-state index contributed by atoms with van der Waals surface area (Å²) in [7, 11) is 0. The summed E-state index contributed by atoms with van der Waals surface area (Å²) >= 11 is 3.03. The van der Waals surface area contributed by atoms with Gasteiger partial charge in [0.2, 0.25) is 12.6 Å². The van der Waals surface area contributed by atoms with Gasteiger partial charge in [-0.05, 0) is 48.4 Å². The first-order valence-electron chi connectivity index (χ1n) is 13.6. The summed E-state index contributed by atoms with van der Waals surface area (Å²) in [6.45, 7) is 6.09. The number of carbonyl (C=O) groups excluding carboxylic acids is 1. The van der Waals surface area contributed by atoms with Crippen LogP contribution in [-0.4, -0.2) is 68.4 Å². The number of piperazine rings is 1. The van der Waals surface area contributed by atoms with Crippen molar-refractivity contribution in [3.05, 3.63) is 88.1 Å². The molecule has 2 aliphatic heterocycles. The van der Waals surface area contributed by atoms with Gasteiger partial charge in [-0.25, -0.2) is 4.98 Å². The monoisotopic (exact) mass is 600 g/mol. The maximum absolute atomic E-state index is 13.3. The Morgan fingerprint density at radius 3 is 2.69 bits per heavy atom. The number of hydrogen-bond donors (Lipinski definition) is 0. The van der Waals surface area contributed by atoms with E-state index in [1.165, 1.54) is 28.7 Å². The van der Waals surface area contributed by atoms with E-state index in [1.54, 1.807) is 6.26 Å². The van der Waals surface area contributed by atoms with Gasteiger partial charge in [0, 0.05) is 38.1 Å². The van der Waals surface area contributed by atoms with E-state index in [2.05, 4.69) is 39.1 Å². The van der Waals surface area contributed by atoms with Crippen LogP contribution in [0.25, 0.3) is 17.3 Å².